The van der Waals surface area contributed by atoms with Crippen LogP contribution in [0.3, 0.4) is 0 Å². The number of aliphatic hydroxyl groups excluding tert-OH is 1. The van der Waals surface area contributed by atoms with Crippen LogP contribution in [0.1, 0.15) is 28.3 Å². The first-order chi connectivity index (χ1) is 10.5. The van der Waals surface area contributed by atoms with Gasteiger partial charge in [-0.3, -0.25) is 4.79 Å². The van der Waals surface area contributed by atoms with Crippen LogP contribution in [0.4, 0.5) is 8.78 Å². The van der Waals surface area contributed by atoms with Gasteiger partial charge in [-0.1, -0.05) is 6.07 Å². The van der Waals surface area contributed by atoms with E-state index in [2.05, 4.69) is 4.74 Å². The zero-order valence-corrected chi connectivity index (χ0v) is 11.6. The second-order valence-corrected chi connectivity index (χ2v) is 5.23. The lowest BCUT2D eigenvalue weighted by atomic mass is 9.89. The highest BCUT2D eigenvalue weighted by Crippen LogP contribution is 2.47. The number of nitriles is 1. The maximum Gasteiger partial charge on any atom is 0.387 e. The van der Waals surface area contributed by atoms with Crippen LogP contribution >= 0.6 is 0 Å². The first-order valence-electron chi connectivity index (χ1n) is 6.63. The molecule has 2 aliphatic rings. The molecule has 0 saturated carbocycles. The maximum absolute atomic E-state index is 12.6. The van der Waals surface area contributed by atoms with Crippen molar-refractivity contribution in [3.8, 4) is 11.8 Å². The molecule has 1 amide bonds. The van der Waals surface area contributed by atoms with Gasteiger partial charge < -0.3 is 14.7 Å². The third-order valence-electron chi connectivity index (χ3n) is 4.17. The Labute approximate surface area is 125 Å². The van der Waals surface area contributed by atoms with E-state index in [-0.39, 0.29) is 34.6 Å². The van der Waals surface area contributed by atoms with Crippen molar-refractivity contribution in [3.63, 3.8) is 0 Å². The molecule has 0 saturated heterocycles. The number of alkyl halides is 2. The highest BCUT2D eigenvalue weighted by molar-refractivity contribution is 5.98. The molecule has 0 radical (unpaired) electrons. The average Bonchev–Trinajstić information content (AvgIpc) is 2.75. The number of allylic oxidation sites excluding steroid dienone is 1. The minimum atomic E-state index is -3.04. The highest BCUT2D eigenvalue weighted by Gasteiger charge is 2.45. The molecule has 7 heteroatoms. The number of amides is 1. The summed E-state index contributed by atoms with van der Waals surface area (Å²) in [5.74, 6) is -1.34. The van der Waals surface area contributed by atoms with E-state index >= 15 is 0 Å². The van der Waals surface area contributed by atoms with Gasteiger partial charge in [0, 0.05) is 24.1 Å². The number of hydrogen-bond donors (Lipinski definition) is 1. The molecular formula is C15H12F2N2O3. The monoisotopic (exact) mass is 306 g/mol. The molecule has 1 N–H and O–H groups in total. The van der Waals surface area contributed by atoms with E-state index in [1.54, 1.807) is 0 Å². The third kappa shape index (κ3) is 1.91. The second kappa shape index (κ2) is 4.98. The molecule has 22 heavy (non-hydrogen) atoms. The number of carbonyl (C=O) groups excluding carboxylic acids is 1. The Kier molecular flexibility index (Phi) is 3.24. The smallest absolute Gasteiger partial charge is 0.387 e. The van der Waals surface area contributed by atoms with Crippen LogP contribution in [0.5, 0.6) is 5.75 Å². The van der Waals surface area contributed by atoms with E-state index in [0.29, 0.717) is 0 Å². The van der Waals surface area contributed by atoms with Crippen molar-refractivity contribution in [3.05, 3.63) is 40.7 Å². The Morgan fingerprint density at radius 3 is 2.86 bits per heavy atom. The molecule has 2 atom stereocenters. The van der Waals surface area contributed by atoms with Crippen LogP contribution in [0.25, 0.3) is 0 Å². The van der Waals surface area contributed by atoms with Gasteiger partial charge in [0.25, 0.3) is 5.91 Å². The summed E-state index contributed by atoms with van der Waals surface area (Å²) in [5, 5.41) is 19.4. The normalized spacial score (nSPS) is 23.4. The molecule has 1 heterocycles. The van der Waals surface area contributed by atoms with Crippen LogP contribution in [0.2, 0.25) is 0 Å². The van der Waals surface area contributed by atoms with Gasteiger partial charge in [0.2, 0.25) is 0 Å². The largest absolute Gasteiger partial charge is 0.509 e. The number of nitrogens with zero attached hydrogens (tertiary/aromatic N) is 2. The zero-order chi connectivity index (χ0) is 16.0. The van der Waals surface area contributed by atoms with Crippen molar-refractivity contribution in [2.45, 2.75) is 25.0 Å². The molecule has 1 aliphatic carbocycles. The molecule has 1 aromatic rings. The lowest BCUT2D eigenvalue weighted by Crippen LogP contribution is -2.36. The van der Waals surface area contributed by atoms with Crippen LogP contribution in [0, 0.1) is 11.3 Å². The van der Waals surface area contributed by atoms with Gasteiger partial charge in [0.05, 0.1) is 17.7 Å². The van der Waals surface area contributed by atoms with E-state index in [1.807, 2.05) is 6.07 Å². The van der Waals surface area contributed by atoms with Crippen LogP contribution < -0.4 is 4.74 Å². The number of fused-ring (bicyclic) bond motifs is 4. The quantitative estimate of drug-likeness (QED) is 0.911. The number of carbonyl (C=O) groups is 1. The summed E-state index contributed by atoms with van der Waals surface area (Å²) in [6.45, 7) is -3.04. The molecule has 0 unspecified atom stereocenters. The van der Waals surface area contributed by atoms with Crippen molar-refractivity contribution >= 4 is 5.91 Å². The van der Waals surface area contributed by atoms with Gasteiger partial charge in [-0.05, 0) is 18.6 Å². The molecule has 1 aromatic carbocycles. The molecular weight excluding hydrogens is 294 g/mol. The number of likely N-dealkylation sites (N-methyl/N-ethyl adjacent to an activating group) is 1. The van der Waals surface area contributed by atoms with Crippen molar-refractivity contribution in [2.24, 2.45) is 0 Å². The zero-order valence-electron chi connectivity index (χ0n) is 11.6. The molecule has 2 bridgehead atoms. The Morgan fingerprint density at radius 1 is 1.50 bits per heavy atom. The molecule has 3 rings (SSSR count). The fraction of sp³-hybridized carbons (Fsp3) is 0.333. The molecule has 114 valence electrons. The number of ether oxygens (including phenoxy) is 1. The summed E-state index contributed by atoms with van der Waals surface area (Å²) in [7, 11) is 1.51. The maximum atomic E-state index is 12.6. The molecule has 0 aromatic heterocycles. The highest BCUT2D eigenvalue weighted by atomic mass is 19.3. The summed E-state index contributed by atoms with van der Waals surface area (Å²) in [6.07, 6.45) is 0.271. The van der Waals surface area contributed by atoms with Gasteiger partial charge in [-0.15, -0.1) is 0 Å². The lowest BCUT2D eigenvalue weighted by molar-refractivity contribution is -0.0505. The topological polar surface area (TPSA) is 73.6 Å². The first-order valence-corrected chi connectivity index (χ1v) is 6.63. The minimum Gasteiger partial charge on any atom is -0.509 e. The van der Waals surface area contributed by atoms with E-state index in [4.69, 9.17) is 0 Å². The summed E-state index contributed by atoms with van der Waals surface area (Å²) < 4.78 is 29.8. The molecule has 5 nitrogen and oxygen atoms in total. The Morgan fingerprint density at radius 2 is 2.23 bits per heavy atom. The molecule has 0 fully saturated rings. The number of benzene rings is 1. The predicted molar refractivity (Wildman–Crippen MR) is 71.6 cm³/mol. The van der Waals surface area contributed by atoms with E-state index in [1.165, 1.54) is 30.1 Å². The standard InChI is InChI=1S/C15H12F2N2O3/c1-19-10-5-8(9(6-18)13(10)20)12-7(14(19)21)3-2-4-11(12)22-15(16)17/h2-4,8,10,15,20H,5H2,1H3/t8-,10+/m0/s1. The number of aliphatic hydroxyl groups is 1. The van der Waals surface area contributed by atoms with Gasteiger partial charge in [0.1, 0.15) is 11.5 Å². The van der Waals surface area contributed by atoms with Crippen LogP contribution in [-0.2, 0) is 0 Å². The minimum absolute atomic E-state index is 0.0934. The Hall–Kier alpha value is -2.62. The van der Waals surface area contributed by atoms with Crippen molar-refractivity contribution in [1.29, 1.82) is 5.26 Å². The van der Waals surface area contributed by atoms with Crippen molar-refractivity contribution < 1.29 is 23.4 Å². The first kappa shape index (κ1) is 14.3. The lowest BCUT2D eigenvalue weighted by Gasteiger charge is -2.24. The summed E-state index contributed by atoms with van der Waals surface area (Å²) in [4.78, 5) is 13.8. The average molecular weight is 306 g/mol. The number of rotatable bonds is 2. The van der Waals surface area contributed by atoms with Crippen molar-refractivity contribution in [2.75, 3.05) is 7.05 Å². The van der Waals surface area contributed by atoms with Gasteiger partial charge in [-0.2, -0.15) is 14.0 Å². The third-order valence-corrected chi connectivity index (χ3v) is 4.17. The molecule has 1 aliphatic heterocycles. The Balaban J connectivity index is 2.25. The van der Waals surface area contributed by atoms with Crippen LogP contribution in [-0.4, -0.2) is 35.6 Å². The number of halogens is 2. The van der Waals surface area contributed by atoms with Crippen LogP contribution in [0.15, 0.2) is 29.5 Å². The Bertz CT molecular complexity index is 724. The number of hydrogen-bond acceptors (Lipinski definition) is 4. The summed E-state index contributed by atoms with van der Waals surface area (Å²) in [5.41, 5.74) is 0.548. The SMILES string of the molecule is CN1C(=O)c2cccc(OC(F)F)c2[C@H]2C[C@@H]1C(O)=C2C#N. The fourth-order valence-electron chi connectivity index (χ4n) is 3.17. The molecule has 0 spiro atoms. The second-order valence-electron chi connectivity index (χ2n) is 5.23. The van der Waals surface area contributed by atoms with E-state index in [9.17, 15) is 23.9 Å². The van der Waals surface area contributed by atoms with Crippen molar-refractivity contribution in [1.82, 2.24) is 4.90 Å². The van der Waals surface area contributed by atoms with Gasteiger partial charge in [0.15, 0.2) is 0 Å². The van der Waals surface area contributed by atoms with Gasteiger partial charge >= 0.3 is 6.61 Å². The van der Waals surface area contributed by atoms with E-state index in [0.717, 1.165) is 0 Å². The summed E-state index contributed by atoms with van der Waals surface area (Å²) in [6, 6.07) is 5.60. The predicted octanol–water partition coefficient (Wildman–Crippen LogP) is 2.57. The van der Waals surface area contributed by atoms with Gasteiger partial charge in [-0.25, -0.2) is 0 Å². The fourth-order valence-corrected chi connectivity index (χ4v) is 3.17. The summed E-state index contributed by atoms with van der Waals surface area (Å²) >= 11 is 0. The van der Waals surface area contributed by atoms with E-state index < -0.39 is 24.5 Å².